The molecule has 0 saturated carbocycles. The lowest BCUT2D eigenvalue weighted by molar-refractivity contribution is -0.141. The monoisotopic (exact) mass is 297 g/mol. The quantitative estimate of drug-likeness (QED) is 0.360. The van der Waals surface area contributed by atoms with Gasteiger partial charge in [-0.3, -0.25) is 4.79 Å². The predicted octanol–water partition coefficient (Wildman–Crippen LogP) is 0.370. The van der Waals surface area contributed by atoms with Gasteiger partial charge in [0.2, 0.25) is 0 Å². The highest BCUT2D eigenvalue weighted by molar-refractivity contribution is 5.99. The number of carbonyl (C=O) groups excluding carboxylic acids is 1. The lowest BCUT2D eigenvalue weighted by Gasteiger charge is -2.16. The molecule has 0 aromatic carbocycles. The van der Waals surface area contributed by atoms with Crippen molar-refractivity contribution in [3.8, 4) is 6.07 Å². The van der Waals surface area contributed by atoms with Crippen LogP contribution in [0.3, 0.4) is 0 Å². The van der Waals surface area contributed by atoms with Gasteiger partial charge in [-0.1, -0.05) is 20.8 Å². The number of nitriles is 1. The van der Waals surface area contributed by atoms with Gasteiger partial charge < -0.3 is 20.8 Å². The summed E-state index contributed by atoms with van der Waals surface area (Å²) < 4.78 is 0. The average molecular weight is 297 g/mol. The van der Waals surface area contributed by atoms with Crippen molar-refractivity contribution in [2.45, 2.75) is 45.7 Å². The van der Waals surface area contributed by atoms with E-state index < -0.39 is 17.9 Å². The highest BCUT2D eigenvalue weighted by Gasteiger charge is 2.22. The molecule has 0 spiro atoms. The molecule has 0 aliphatic rings. The zero-order valence-electron chi connectivity index (χ0n) is 12.6. The Morgan fingerprint density at radius 3 is 2.38 bits per heavy atom. The minimum atomic E-state index is -1.14. The summed E-state index contributed by atoms with van der Waals surface area (Å²) in [6.07, 6.45) is 2.11. The van der Waals surface area contributed by atoms with Crippen molar-refractivity contribution in [1.29, 1.82) is 5.26 Å². The number of aliphatic hydroxyl groups excluding tert-OH is 1. The van der Waals surface area contributed by atoms with E-state index in [0.717, 1.165) is 0 Å². The van der Waals surface area contributed by atoms with Gasteiger partial charge >= 0.3 is 5.97 Å². The Labute approximate surface area is 124 Å². The number of nitrogens with zero attached hydrogens (tertiary/aromatic N) is 1. The summed E-state index contributed by atoms with van der Waals surface area (Å²) >= 11 is 0. The largest absolute Gasteiger partial charge is 0.480 e. The Morgan fingerprint density at radius 2 is 2.00 bits per heavy atom. The number of hydrogen-bond acceptors (Lipinski definition) is 5. The molecule has 2 atom stereocenters. The number of rotatable bonds is 9. The fourth-order valence-corrected chi connectivity index (χ4v) is 1.58. The first-order valence-electron chi connectivity index (χ1n) is 6.86. The molecule has 118 valence electrons. The Balaban J connectivity index is 4.81. The molecule has 0 fully saturated rings. The molecule has 0 aromatic rings. The van der Waals surface area contributed by atoms with E-state index in [4.69, 9.17) is 15.5 Å². The maximum Gasteiger partial charge on any atom is 0.326 e. The molecular formula is C14H23N3O4. The maximum atomic E-state index is 11.9. The van der Waals surface area contributed by atoms with Crippen LogP contribution in [0.2, 0.25) is 0 Å². The van der Waals surface area contributed by atoms with Crippen molar-refractivity contribution >= 4 is 11.9 Å². The van der Waals surface area contributed by atoms with Gasteiger partial charge in [0.1, 0.15) is 17.7 Å². The van der Waals surface area contributed by atoms with Crippen molar-refractivity contribution in [1.82, 2.24) is 10.6 Å². The van der Waals surface area contributed by atoms with E-state index in [9.17, 15) is 9.59 Å². The lowest BCUT2D eigenvalue weighted by Crippen LogP contribution is -2.42. The first kappa shape index (κ1) is 18.9. The predicted molar refractivity (Wildman–Crippen MR) is 77.0 cm³/mol. The zero-order valence-corrected chi connectivity index (χ0v) is 12.6. The number of nitrogens with one attached hydrogen (secondary N) is 2. The maximum absolute atomic E-state index is 11.9. The van der Waals surface area contributed by atoms with Crippen LogP contribution < -0.4 is 10.6 Å². The van der Waals surface area contributed by atoms with Gasteiger partial charge in [-0.25, -0.2) is 4.79 Å². The van der Waals surface area contributed by atoms with Crippen LogP contribution >= 0.6 is 0 Å². The third kappa shape index (κ3) is 7.32. The van der Waals surface area contributed by atoms with Crippen molar-refractivity contribution < 1.29 is 19.8 Å². The molecule has 0 rings (SSSR count). The minimum absolute atomic E-state index is 0.0953. The summed E-state index contributed by atoms with van der Waals surface area (Å²) in [7, 11) is 0. The highest BCUT2D eigenvalue weighted by Crippen LogP contribution is 2.06. The minimum Gasteiger partial charge on any atom is -0.480 e. The Morgan fingerprint density at radius 1 is 1.38 bits per heavy atom. The van der Waals surface area contributed by atoms with Crippen LogP contribution in [0.25, 0.3) is 0 Å². The number of amides is 1. The average Bonchev–Trinajstić information content (AvgIpc) is 2.42. The summed E-state index contributed by atoms with van der Waals surface area (Å²) in [6.45, 7) is 5.41. The topological polar surface area (TPSA) is 122 Å². The number of carboxylic acid groups (broad SMARTS) is 1. The second-order valence-corrected chi connectivity index (χ2v) is 5.12. The molecule has 0 radical (unpaired) electrons. The number of carboxylic acids is 1. The first-order valence-corrected chi connectivity index (χ1v) is 6.86. The first-order chi connectivity index (χ1) is 9.85. The molecule has 1 amide bonds. The van der Waals surface area contributed by atoms with Gasteiger partial charge in [0.05, 0.1) is 6.61 Å². The Kier molecular flexibility index (Phi) is 8.81. The van der Waals surface area contributed by atoms with E-state index in [1.165, 1.54) is 6.20 Å². The summed E-state index contributed by atoms with van der Waals surface area (Å²) in [5.74, 6) is -1.78. The van der Waals surface area contributed by atoms with Crippen LogP contribution in [-0.2, 0) is 9.59 Å². The van der Waals surface area contributed by atoms with Crippen LogP contribution in [0.1, 0.15) is 33.6 Å². The fourth-order valence-electron chi connectivity index (χ4n) is 1.58. The van der Waals surface area contributed by atoms with Crippen molar-refractivity contribution in [2.75, 3.05) is 6.61 Å². The normalized spacial score (nSPS) is 14.2. The van der Waals surface area contributed by atoms with E-state index in [1.807, 2.05) is 20.8 Å². The summed E-state index contributed by atoms with van der Waals surface area (Å²) in [4.78, 5) is 23.0. The molecule has 7 nitrogen and oxygen atoms in total. The van der Waals surface area contributed by atoms with Crippen LogP contribution in [0.15, 0.2) is 11.8 Å². The molecule has 0 saturated heterocycles. The van der Waals surface area contributed by atoms with Crippen LogP contribution in [0.4, 0.5) is 0 Å². The molecule has 0 aliphatic heterocycles. The van der Waals surface area contributed by atoms with E-state index in [-0.39, 0.29) is 30.6 Å². The number of carbonyl (C=O) groups is 2. The third-order valence-electron chi connectivity index (χ3n) is 2.85. The second kappa shape index (κ2) is 9.77. The molecule has 0 aromatic heterocycles. The van der Waals surface area contributed by atoms with Gasteiger partial charge in [-0.15, -0.1) is 0 Å². The molecular weight excluding hydrogens is 274 g/mol. The molecule has 0 bridgehead atoms. The van der Waals surface area contributed by atoms with E-state index in [1.54, 1.807) is 6.07 Å². The molecule has 2 unspecified atom stereocenters. The van der Waals surface area contributed by atoms with Crippen molar-refractivity contribution in [2.24, 2.45) is 5.92 Å². The fraction of sp³-hybridized carbons (Fsp3) is 0.643. The summed E-state index contributed by atoms with van der Waals surface area (Å²) in [6, 6.07) is 0.424. The van der Waals surface area contributed by atoms with E-state index in [2.05, 4.69) is 10.6 Å². The molecule has 0 aliphatic carbocycles. The molecule has 21 heavy (non-hydrogen) atoms. The van der Waals surface area contributed by atoms with E-state index >= 15 is 0 Å². The van der Waals surface area contributed by atoms with Gasteiger partial charge in [-0.2, -0.15) is 5.26 Å². The standard InChI is InChI=1S/C14H23N3O4/c1-4-11(8-18)16-7-10(6-15)13(19)17-12(14(20)21)5-9(2)3/h7,9,11-12,16,18H,4-5,8H2,1-3H3,(H,17,19)(H,20,21)/b10-7-. The van der Waals surface area contributed by atoms with Crippen molar-refractivity contribution in [3.63, 3.8) is 0 Å². The van der Waals surface area contributed by atoms with Crippen LogP contribution in [0, 0.1) is 17.2 Å². The van der Waals surface area contributed by atoms with Gasteiger partial charge in [0.25, 0.3) is 5.91 Å². The molecule has 7 heteroatoms. The SMILES string of the molecule is CCC(CO)N/C=C(/C#N)C(=O)NC(CC(C)C)C(=O)O. The van der Waals surface area contributed by atoms with Gasteiger partial charge in [0.15, 0.2) is 0 Å². The van der Waals surface area contributed by atoms with E-state index in [0.29, 0.717) is 6.42 Å². The summed E-state index contributed by atoms with van der Waals surface area (Å²) in [5.41, 5.74) is -0.225. The molecule has 4 N–H and O–H groups in total. The van der Waals surface area contributed by atoms with Crippen LogP contribution in [-0.4, -0.2) is 40.8 Å². The zero-order chi connectivity index (χ0) is 16.4. The Bertz CT molecular complexity index is 422. The smallest absolute Gasteiger partial charge is 0.326 e. The van der Waals surface area contributed by atoms with Crippen LogP contribution in [0.5, 0.6) is 0 Å². The second-order valence-electron chi connectivity index (χ2n) is 5.12. The van der Waals surface area contributed by atoms with Crippen molar-refractivity contribution in [3.05, 3.63) is 11.8 Å². The molecule has 0 heterocycles. The number of aliphatic hydroxyl groups is 1. The number of aliphatic carboxylic acids is 1. The van der Waals surface area contributed by atoms with Gasteiger partial charge in [0, 0.05) is 12.2 Å². The lowest BCUT2D eigenvalue weighted by atomic mass is 10.0. The Hall–Kier alpha value is -2.07. The van der Waals surface area contributed by atoms with Gasteiger partial charge in [-0.05, 0) is 18.8 Å². The number of hydrogen-bond donors (Lipinski definition) is 4. The third-order valence-corrected chi connectivity index (χ3v) is 2.85. The summed E-state index contributed by atoms with van der Waals surface area (Å²) in [5, 5.41) is 32.1. The highest BCUT2D eigenvalue weighted by atomic mass is 16.4.